The highest BCUT2D eigenvalue weighted by molar-refractivity contribution is 5.56. The van der Waals surface area contributed by atoms with Gasteiger partial charge in [-0.15, -0.1) is 0 Å². The number of hydrogen-bond acceptors (Lipinski definition) is 3. The van der Waals surface area contributed by atoms with Gasteiger partial charge in [0.25, 0.3) is 0 Å². The van der Waals surface area contributed by atoms with E-state index in [1.54, 1.807) is 7.11 Å². The van der Waals surface area contributed by atoms with Crippen LogP contribution in [0.1, 0.15) is 0 Å². The molecule has 5 heteroatoms. The standard InChI is InChI=1S/C15H16N4O/c1-20-10-9-18-12-13(11-16-18)15-7-8-19(17-15)14-5-3-2-4-6-14/h2-8,11-12H,9-10H2,1H3. The van der Waals surface area contributed by atoms with Crippen molar-refractivity contribution in [3.8, 4) is 16.9 Å². The molecule has 0 aliphatic heterocycles. The van der Waals surface area contributed by atoms with Crippen molar-refractivity contribution in [3.05, 3.63) is 55.0 Å². The quantitative estimate of drug-likeness (QED) is 0.713. The van der Waals surface area contributed by atoms with Crippen LogP contribution in [0.2, 0.25) is 0 Å². The van der Waals surface area contributed by atoms with Crippen LogP contribution in [0, 0.1) is 0 Å². The number of methoxy groups -OCH3 is 1. The number of aromatic nitrogens is 4. The fraction of sp³-hybridized carbons (Fsp3) is 0.200. The minimum Gasteiger partial charge on any atom is -0.383 e. The highest BCUT2D eigenvalue weighted by Crippen LogP contribution is 2.17. The van der Waals surface area contributed by atoms with E-state index in [2.05, 4.69) is 10.2 Å². The molecular formula is C15H16N4O. The molecule has 3 aromatic rings. The van der Waals surface area contributed by atoms with E-state index in [0.29, 0.717) is 6.61 Å². The molecule has 0 N–H and O–H groups in total. The Bertz CT molecular complexity index is 672. The Morgan fingerprint density at radius 1 is 1.15 bits per heavy atom. The van der Waals surface area contributed by atoms with Gasteiger partial charge in [-0.1, -0.05) is 18.2 Å². The molecule has 0 saturated heterocycles. The highest BCUT2D eigenvalue weighted by atomic mass is 16.5. The van der Waals surface area contributed by atoms with E-state index in [0.717, 1.165) is 23.5 Å². The molecule has 0 spiro atoms. The molecule has 0 bridgehead atoms. The van der Waals surface area contributed by atoms with Crippen LogP contribution < -0.4 is 0 Å². The molecule has 0 unspecified atom stereocenters. The third-order valence-electron chi connectivity index (χ3n) is 3.06. The van der Waals surface area contributed by atoms with Gasteiger partial charge in [-0.05, 0) is 18.2 Å². The van der Waals surface area contributed by atoms with Crippen LogP contribution >= 0.6 is 0 Å². The summed E-state index contributed by atoms with van der Waals surface area (Å²) in [6.45, 7) is 1.40. The molecule has 5 nitrogen and oxygen atoms in total. The van der Waals surface area contributed by atoms with Gasteiger partial charge in [-0.2, -0.15) is 10.2 Å². The van der Waals surface area contributed by atoms with E-state index in [9.17, 15) is 0 Å². The Kier molecular flexibility index (Phi) is 3.60. The first-order chi connectivity index (χ1) is 9.86. The molecule has 2 aromatic heterocycles. The summed E-state index contributed by atoms with van der Waals surface area (Å²) in [7, 11) is 1.69. The zero-order valence-electron chi connectivity index (χ0n) is 11.3. The summed E-state index contributed by atoms with van der Waals surface area (Å²) < 4.78 is 8.77. The van der Waals surface area contributed by atoms with Gasteiger partial charge in [-0.25, -0.2) is 4.68 Å². The zero-order chi connectivity index (χ0) is 13.8. The van der Waals surface area contributed by atoms with Crippen molar-refractivity contribution < 1.29 is 4.74 Å². The van der Waals surface area contributed by atoms with E-state index in [-0.39, 0.29) is 0 Å². The Balaban J connectivity index is 1.81. The molecule has 0 radical (unpaired) electrons. The van der Waals surface area contributed by atoms with Gasteiger partial charge in [0.05, 0.1) is 30.7 Å². The zero-order valence-corrected chi connectivity index (χ0v) is 11.3. The maximum absolute atomic E-state index is 5.04. The van der Waals surface area contributed by atoms with E-state index in [1.165, 1.54) is 0 Å². The third-order valence-corrected chi connectivity index (χ3v) is 3.06. The molecule has 3 rings (SSSR count). The first-order valence-corrected chi connectivity index (χ1v) is 6.50. The predicted molar refractivity (Wildman–Crippen MR) is 76.7 cm³/mol. The summed E-state index contributed by atoms with van der Waals surface area (Å²) in [6, 6.07) is 12.0. The van der Waals surface area contributed by atoms with E-state index in [1.807, 2.05) is 64.4 Å². The number of rotatable bonds is 5. The molecule has 0 amide bonds. The fourth-order valence-electron chi connectivity index (χ4n) is 2.01. The lowest BCUT2D eigenvalue weighted by molar-refractivity contribution is 0.183. The van der Waals surface area contributed by atoms with E-state index < -0.39 is 0 Å². The van der Waals surface area contributed by atoms with Gasteiger partial charge < -0.3 is 4.74 Å². The average Bonchev–Trinajstić information content (AvgIpc) is 3.15. The van der Waals surface area contributed by atoms with Gasteiger partial charge in [0, 0.05) is 25.1 Å². The summed E-state index contributed by atoms with van der Waals surface area (Å²) in [5.41, 5.74) is 2.97. The van der Waals surface area contributed by atoms with Crippen LogP contribution in [-0.2, 0) is 11.3 Å². The van der Waals surface area contributed by atoms with Gasteiger partial charge in [0.15, 0.2) is 0 Å². The second-order valence-corrected chi connectivity index (χ2v) is 4.47. The largest absolute Gasteiger partial charge is 0.383 e. The lowest BCUT2D eigenvalue weighted by Gasteiger charge is -1.99. The van der Waals surface area contributed by atoms with Crippen LogP contribution in [0.4, 0.5) is 0 Å². The van der Waals surface area contributed by atoms with Crippen LogP contribution in [0.25, 0.3) is 16.9 Å². The molecule has 20 heavy (non-hydrogen) atoms. The van der Waals surface area contributed by atoms with Crippen molar-refractivity contribution in [3.63, 3.8) is 0 Å². The summed E-state index contributed by atoms with van der Waals surface area (Å²) in [6.07, 6.45) is 5.77. The van der Waals surface area contributed by atoms with Crippen LogP contribution in [0.3, 0.4) is 0 Å². The molecule has 0 aliphatic rings. The van der Waals surface area contributed by atoms with Gasteiger partial charge in [-0.3, -0.25) is 4.68 Å². The monoisotopic (exact) mass is 268 g/mol. The van der Waals surface area contributed by atoms with Crippen molar-refractivity contribution in [1.82, 2.24) is 19.6 Å². The van der Waals surface area contributed by atoms with Crippen molar-refractivity contribution in [2.75, 3.05) is 13.7 Å². The van der Waals surface area contributed by atoms with Crippen molar-refractivity contribution in [2.45, 2.75) is 6.54 Å². The van der Waals surface area contributed by atoms with Crippen molar-refractivity contribution >= 4 is 0 Å². The van der Waals surface area contributed by atoms with E-state index >= 15 is 0 Å². The number of benzene rings is 1. The topological polar surface area (TPSA) is 44.9 Å². The third kappa shape index (κ3) is 2.62. The summed E-state index contributed by atoms with van der Waals surface area (Å²) in [5.74, 6) is 0. The lowest BCUT2D eigenvalue weighted by Crippen LogP contribution is -2.03. The maximum atomic E-state index is 5.04. The number of hydrogen-bond donors (Lipinski definition) is 0. The normalized spacial score (nSPS) is 10.8. The lowest BCUT2D eigenvalue weighted by atomic mass is 10.3. The van der Waals surface area contributed by atoms with Crippen molar-refractivity contribution in [2.24, 2.45) is 0 Å². The molecule has 0 fully saturated rings. The predicted octanol–water partition coefficient (Wildman–Crippen LogP) is 2.38. The Hall–Kier alpha value is -2.40. The second-order valence-electron chi connectivity index (χ2n) is 4.47. The molecule has 2 heterocycles. The fourth-order valence-corrected chi connectivity index (χ4v) is 2.01. The smallest absolute Gasteiger partial charge is 0.0959 e. The van der Waals surface area contributed by atoms with Crippen LogP contribution in [0.5, 0.6) is 0 Å². The Morgan fingerprint density at radius 3 is 2.80 bits per heavy atom. The SMILES string of the molecule is COCCn1cc(-c2ccn(-c3ccccc3)n2)cn1. The van der Waals surface area contributed by atoms with Crippen molar-refractivity contribution in [1.29, 1.82) is 0 Å². The first kappa shape index (κ1) is 12.6. The van der Waals surface area contributed by atoms with Crippen LogP contribution in [0.15, 0.2) is 55.0 Å². The number of ether oxygens (including phenoxy) is 1. The first-order valence-electron chi connectivity index (χ1n) is 6.50. The minimum atomic E-state index is 0.652. The molecule has 102 valence electrons. The van der Waals surface area contributed by atoms with Crippen LogP contribution in [-0.4, -0.2) is 33.3 Å². The molecule has 0 aliphatic carbocycles. The molecule has 1 aromatic carbocycles. The second kappa shape index (κ2) is 5.71. The average molecular weight is 268 g/mol. The summed E-state index contributed by atoms with van der Waals surface area (Å²) in [4.78, 5) is 0. The van der Waals surface area contributed by atoms with Gasteiger partial charge in [0.1, 0.15) is 0 Å². The number of nitrogens with zero attached hydrogens (tertiary/aromatic N) is 4. The molecule has 0 saturated carbocycles. The number of para-hydroxylation sites is 1. The maximum Gasteiger partial charge on any atom is 0.0959 e. The van der Waals surface area contributed by atoms with Gasteiger partial charge in [0.2, 0.25) is 0 Å². The highest BCUT2D eigenvalue weighted by Gasteiger charge is 2.06. The summed E-state index contributed by atoms with van der Waals surface area (Å²) >= 11 is 0. The Labute approximate surface area is 117 Å². The minimum absolute atomic E-state index is 0.652. The molecule has 0 atom stereocenters. The summed E-state index contributed by atoms with van der Waals surface area (Å²) in [5, 5.41) is 8.88. The van der Waals surface area contributed by atoms with Gasteiger partial charge >= 0.3 is 0 Å². The Morgan fingerprint density at radius 2 is 2.00 bits per heavy atom. The van der Waals surface area contributed by atoms with E-state index in [4.69, 9.17) is 4.74 Å². The molecular weight excluding hydrogens is 252 g/mol.